The third-order valence-electron chi connectivity index (χ3n) is 28.5. The van der Waals surface area contributed by atoms with Crippen molar-refractivity contribution in [1.29, 1.82) is 15.8 Å². The molecule has 0 unspecified atom stereocenters. The van der Waals surface area contributed by atoms with Gasteiger partial charge in [0.05, 0.1) is 124 Å². The maximum atomic E-state index is 10.4. The summed E-state index contributed by atoms with van der Waals surface area (Å²) in [5.74, 6) is 0. The van der Waals surface area contributed by atoms with Gasteiger partial charge in [0.15, 0.2) is 5.58 Å². The molecule has 0 bridgehead atoms. The molecule has 0 aliphatic carbocycles. The Bertz CT molecular complexity index is 10500. The fourth-order valence-electron chi connectivity index (χ4n) is 22.7. The molecule has 0 N–H and O–H groups in total. The van der Waals surface area contributed by atoms with Crippen LogP contribution >= 0.6 is 0 Å². The van der Waals surface area contributed by atoms with Crippen LogP contribution in [0.4, 0.5) is 0 Å². The van der Waals surface area contributed by atoms with E-state index in [4.69, 9.17) is 13.3 Å². The normalized spacial score (nSPS) is 11.8. The first-order chi connectivity index (χ1) is 69.8. The van der Waals surface area contributed by atoms with Crippen molar-refractivity contribution < 1.29 is 13.3 Å². The Labute approximate surface area is 805 Å². The maximum Gasteiger partial charge on any atom is 0.160 e. The highest BCUT2D eigenvalue weighted by Gasteiger charge is 2.28. The van der Waals surface area contributed by atoms with Gasteiger partial charge in [-0.3, -0.25) is 0 Å². The predicted octanol–water partition coefficient (Wildman–Crippen LogP) is 34.0. The standard InChI is InChI=1S/3C43H25N3O/c44-26-27-21-28(30-11-1-6-16-37(30)46-39-18-8-2-12-31(39)32-13-3-9-19-40(32)46)23-29(22-27)45-38-17-7-4-14-33(38)35-24-36-34-15-5-10-20-42(34)47-43(36)25-41(35)45;44-26-27-23-28(30-11-1-6-16-36(30)46-38-18-8-2-12-31(38)32-13-3-9-19-39(32)46)25-29(24-27)45-37-17-7-4-14-33(37)34-21-22-41-42(43(34)45)35-15-5-10-20-40(35)47-41;44-26-27-23-28(30-11-1-6-16-37(30)46-39-18-8-2-12-31(39)32-13-3-9-19-40(32)46)25-29(24-27)45-38-17-7-4-14-33(38)35-21-22-36-34-15-5-10-20-41(34)47-43(36)42(35)45/h3*1-25H. The monoisotopic (exact) mass is 1800 g/mol. The van der Waals surface area contributed by atoms with Crippen LogP contribution in [0.3, 0.4) is 0 Å². The number of hydrogen-bond acceptors (Lipinski definition) is 6. The van der Waals surface area contributed by atoms with Crippen LogP contribution in [-0.4, -0.2) is 27.4 Å². The van der Waals surface area contributed by atoms with Gasteiger partial charge in [-0.1, -0.05) is 279 Å². The summed E-state index contributed by atoms with van der Waals surface area (Å²) in [5.41, 5.74) is 32.2. The Hall–Kier alpha value is -19.7. The number of furan rings is 3. The smallest absolute Gasteiger partial charge is 0.160 e. The van der Waals surface area contributed by atoms with E-state index in [9.17, 15) is 15.8 Å². The molecule has 0 saturated heterocycles. The third kappa shape index (κ3) is 12.3. The molecule has 0 spiro atoms. The lowest BCUT2D eigenvalue weighted by atomic mass is 10.00. The number of hydrogen-bond donors (Lipinski definition) is 0. The molecule has 9 aromatic heterocycles. The number of nitrogens with zero attached hydrogens (tertiary/aromatic N) is 9. The average molecular weight is 1800 g/mol. The van der Waals surface area contributed by atoms with Gasteiger partial charge in [-0.2, -0.15) is 15.8 Å². The van der Waals surface area contributed by atoms with Crippen LogP contribution in [0.15, 0.2) is 468 Å². The van der Waals surface area contributed by atoms with Gasteiger partial charge in [0, 0.05) is 131 Å². The van der Waals surface area contributed by atoms with Crippen molar-refractivity contribution in [3.63, 3.8) is 0 Å². The minimum absolute atomic E-state index is 0.595. The molecule has 0 aliphatic rings. The zero-order valence-corrected chi connectivity index (χ0v) is 75.6. The van der Waals surface area contributed by atoms with Gasteiger partial charge in [0.25, 0.3) is 0 Å². The minimum Gasteiger partial charge on any atom is -0.456 e. The van der Waals surface area contributed by atoms with E-state index in [1.54, 1.807) is 0 Å². The molecule has 21 aromatic carbocycles. The number of aromatic nitrogens is 6. The third-order valence-corrected chi connectivity index (χ3v) is 28.5. The van der Waals surface area contributed by atoms with Crippen LogP contribution < -0.4 is 0 Å². The molecule has 0 fully saturated rings. The molecular weight excluding hydrogens is 1720 g/mol. The lowest BCUT2D eigenvalue weighted by Crippen LogP contribution is -1.99. The summed E-state index contributed by atoms with van der Waals surface area (Å²) >= 11 is 0. The van der Waals surface area contributed by atoms with Crippen LogP contribution in [0.1, 0.15) is 16.7 Å². The van der Waals surface area contributed by atoms with Gasteiger partial charge in [-0.15, -0.1) is 0 Å². The molecule has 9 heterocycles. The second kappa shape index (κ2) is 31.7. The highest BCUT2D eigenvalue weighted by atomic mass is 16.3. The summed E-state index contributed by atoms with van der Waals surface area (Å²) in [5, 5.41) is 51.8. The summed E-state index contributed by atoms with van der Waals surface area (Å²) in [6.07, 6.45) is 0. The Morgan fingerprint density at radius 3 is 0.865 bits per heavy atom. The van der Waals surface area contributed by atoms with Crippen molar-refractivity contribution in [2.75, 3.05) is 0 Å². The van der Waals surface area contributed by atoms with Gasteiger partial charge in [-0.25, -0.2) is 0 Å². The summed E-state index contributed by atoms with van der Waals surface area (Å²) < 4.78 is 33.2. The zero-order chi connectivity index (χ0) is 93.2. The SMILES string of the molecule is N#Cc1cc(-c2ccccc2-n2c3ccccc3c3ccccc32)cc(-n2c3ccccc3c3cc4c(cc32)oc2ccccc24)c1.N#Cc1cc(-c2ccccc2-n2c3ccccc3c3ccccc32)cc(-n2c3ccccc3c3ccc4c5ccccc5oc4c32)c1.N#Cc1cc(-c2ccccc2-n2c3ccccc3c3ccccc32)cc(-n2c3ccccc3c3ccc4oc5ccccc5c4c32)c1. The number of nitriles is 3. The maximum absolute atomic E-state index is 10.4. The lowest BCUT2D eigenvalue weighted by molar-refractivity contribution is 0.669. The highest BCUT2D eigenvalue weighted by molar-refractivity contribution is 6.26. The van der Waals surface area contributed by atoms with Crippen molar-refractivity contribution in [2.45, 2.75) is 0 Å². The van der Waals surface area contributed by atoms with E-state index < -0.39 is 0 Å². The Balaban J connectivity index is 0.000000104. The van der Waals surface area contributed by atoms with E-state index in [1.165, 1.54) is 32.3 Å². The minimum atomic E-state index is 0.595. The van der Waals surface area contributed by atoms with Crippen LogP contribution in [0, 0.1) is 34.0 Å². The molecule has 0 aliphatic heterocycles. The van der Waals surface area contributed by atoms with Crippen molar-refractivity contribution in [1.82, 2.24) is 27.4 Å². The molecule has 30 rings (SSSR count). The topological polar surface area (TPSA) is 140 Å². The van der Waals surface area contributed by atoms with Crippen molar-refractivity contribution in [3.8, 4) is 85.7 Å². The van der Waals surface area contributed by atoms with Gasteiger partial charge in [0.1, 0.15) is 27.9 Å². The Morgan fingerprint density at radius 1 is 0.170 bits per heavy atom. The van der Waals surface area contributed by atoms with Crippen LogP contribution in [-0.2, 0) is 0 Å². The first kappa shape index (κ1) is 79.8. The van der Waals surface area contributed by atoms with E-state index in [0.29, 0.717) is 16.7 Å². The van der Waals surface area contributed by atoms with Crippen LogP contribution in [0.5, 0.6) is 0 Å². The fourth-order valence-corrected chi connectivity index (χ4v) is 22.7. The number of benzene rings is 21. The van der Waals surface area contributed by atoms with Gasteiger partial charge < -0.3 is 40.7 Å². The van der Waals surface area contributed by atoms with E-state index in [-0.39, 0.29) is 0 Å². The molecule has 30 aromatic rings. The number of rotatable bonds is 9. The molecule has 0 radical (unpaired) electrons. The predicted molar refractivity (Wildman–Crippen MR) is 578 cm³/mol. The molecular formula is C129H75N9O3. The highest BCUT2D eigenvalue weighted by Crippen LogP contribution is 2.49. The second-order valence-corrected chi connectivity index (χ2v) is 36.2. The fraction of sp³-hybridized carbons (Fsp3) is 0. The molecule has 12 nitrogen and oxygen atoms in total. The number of fused-ring (bicyclic) bond motifs is 29. The summed E-state index contributed by atoms with van der Waals surface area (Å²) in [4.78, 5) is 0. The molecule has 141 heavy (non-hydrogen) atoms. The summed E-state index contributed by atoms with van der Waals surface area (Å²) in [6.45, 7) is 0. The average Bonchev–Trinajstić information content (AvgIpc) is 1.56. The number of para-hydroxylation sites is 15. The van der Waals surface area contributed by atoms with Crippen LogP contribution in [0.25, 0.3) is 264 Å². The van der Waals surface area contributed by atoms with E-state index >= 15 is 0 Å². The van der Waals surface area contributed by atoms with E-state index in [1.807, 2.05) is 78.9 Å². The summed E-state index contributed by atoms with van der Waals surface area (Å²) in [7, 11) is 0. The Morgan fingerprint density at radius 2 is 0.454 bits per heavy atom. The summed E-state index contributed by atoms with van der Waals surface area (Å²) in [6, 6.07) is 166. The molecule has 654 valence electrons. The van der Waals surface area contributed by atoms with Gasteiger partial charge in [-0.05, 0) is 187 Å². The first-order valence-electron chi connectivity index (χ1n) is 47.3. The van der Waals surface area contributed by atoms with E-state index in [0.717, 1.165) is 232 Å². The second-order valence-electron chi connectivity index (χ2n) is 36.2. The van der Waals surface area contributed by atoms with Crippen LogP contribution in [0.2, 0.25) is 0 Å². The lowest BCUT2D eigenvalue weighted by Gasteiger charge is -2.16. The quantitative estimate of drug-likeness (QED) is 0.141. The van der Waals surface area contributed by atoms with Gasteiger partial charge >= 0.3 is 0 Å². The van der Waals surface area contributed by atoms with Crippen molar-refractivity contribution >= 4 is 197 Å². The zero-order valence-electron chi connectivity index (χ0n) is 75.6. The molecule has 0 amide bonds. The molecule has 12 heteroatoms. The molecule has 0 saturated carbocycles. The first-order valence-corrected chi connectivity index (χ1v) is 47.3. The Kier molecular flexibility index (Phi) is 18.0. The molecule has 0 atom stereocenters. The van der Waals surface area contributed by atoms with Crippen molar-refractivity contribution in [2.24, 2.45) is 0 Å². The van der Waals surface area contributed by atoms with Crippen molar-refractivity contribution in [3.05, 3.63) is 472 Å². The van der Waals surface area contributed by atoms with Gasteiger partial charge in [0.2, 0.25) is 0 Å². The van der Waals surface area contributed by atoms with E-state index in [2.05, 4.69) is 422 Å². The largest absolute Gasteiger partial charge is 0.456 e.